The molecule has 1 rings (SSSR count). The summed E-state index contributed by atoms with van der Waals surface area (Å²) in [6.07, 6.45) is 0.258. The van der Waals surface area contributed by atoms with Crippen LogP contribution in [0.1, 0.15) is 20.3 Å². The largest absolute Gasteiger partial charge is 0.480 e. The molecular weight excluding hydrogens is 300 g/mol. The van der Waals surface area contributed by atoms with Crippen molar-refractivity contribution >= 4 is 21.8 Å². The summed E-state index contributed by atoms with van der Waals surface area (Å²) in [5, 5.41) is 11.6. The normalized spacial score (nSPS) is 21.0. The number of methoxy groups -OCH3 is 1. The summed E-state index contributed by atoms with van der Waals surface area (Å²) in [5.74, 6) is -1.40. The van der Waals surface area contributed by atoms with Gasteiger partial charge in [-0.2, -0.15) is 0 Å². The molecule has 1 aliphatic rings. The van der Waals surface area contributed by atoms with Crippen molar-refractivity contribution in [3.05, 3.63) is 0 Å². The Labute approximate surface area is 124 Å². The molecule has 0 saturated carbocycles. The summed E-state index contributed by atoms with van der Waals surface area (Å²) in [6, 6.07) is -1.20. The molecule has 2 N–H and O–H groups in total. The van der Waals surface area contributed by atoms with Crippen LogP contribution in [0.15, 0.2) is 0 Å². The Bertz CT molecular complexity index is 502. The maximum Gasteiger partial charge on any atom is 0.323 e. The van der Waals surface area contributed by atoms with Crippen molar-refractivity contribution in [2.45, 2.75) is 31.8 Å². The smallest absolute Gasteiger partial charge is 0.323 e. The van der Waals surface area contributed by atoms with Gasteiger partial charge in [0.2, 0.25) is 0 Å². The molecule has 0 radical (unpaired) electrons. The predicted molar refractivity (Wildman–Crippen MR) is 75.9 cm³/mol. The van der Waals surface area contributed by atoms with Crippen LogP contribution in [0.2, 0.25) is 0 Å². The molecule has 0 aromatic carbocycles. The number of carbonyl (C=O) groups is 2. The van der Waals surface area contributed by atoms with E-state index in [0.717, 1.165) is 4.90 Å². The molecule has 1 aliphatic heterocycles. The molecule has 8 nitrogen and oxygen atoms in total. The molecule has 122 valence electrons. The average Bonchev–Trinajstić information content (AvgIpc) is 2.65. The van der Waals surface area contributed by atoms with E-state index in [0.29, 0.717) is 0 Å². The topological polar surface area (TPSA) is 113 Å². The number of amides is 2. The van der Waals surface area contributed by atoms with Gasteiger partial charge in [0, 0.05) is 13.2 Å². The Balaban J connectivity index is 2.83. The highest BCUT2D eigenvalue weighted by atomic mass is 32.2. The van der Waals surface area contributed by atoms with Crippen LogP contribution in [0, 0.1) is 0 Å². The Hall–Kier alpha value is -1.35. The molecule has 2 amide bonds. The first kappa shape index (κ1) is 17.7. The fraction of sp³-hybridized carbons (Fsp3) is 0.833. The zero-order valence-electron chi connectivity index (χ0n) is 12.5. The highest BCUT2D eigenvalue weighted by Crippen LogP contribution is 2.18. The van der Waals surface area contributed by atoms with Gasteiger partial charge in [-0.25, -0.2) is 13.2 Å². The van der Waals surface area contributed by atoms with E-state index in [1.807, 2.05) is 0 Å². The average molecular weight is 322 g/mol. The van der Waals surface area contributed by atoms with E-state index in [2.05, 4.69) is 5.32 Å². The fourth-order valence-corrected chi connectivity index (χ4v) is 4.02. The molecule has 9 heteroatoms. The number of carboxylic acids is 1. The van der Waals surface area contributed by atoms with Crippen LogP contribution in [0.3, 0.4) is 0 Å². The summed E-state index contributed by atoms with van der Waals surface area (Å²) in [6.45, 7) is 3.19. The van der Waals surface area contributed by atoms with Gasteiger partial charge >= 0.3 is 12.0 Å². The van der Waals surface area contributed by atoms with Gasteiger partial charge in [-0.1, -0.05) is 0 Å². The van der Waals surface area contributed by atoms with Gasteiger partial charge in [0.05, 0.1) is 23.7 Å². The van der Waals surface area contributed by atoms with E-state index in [1.165, 1.54) is 7.11 Å². The summed E-state index contributed by atoms with van der Waals surface area (Å²) < 4.78 is 28.0. The van der Waals surface area contributed by atoms with Crippen LogP contribution in [0.25, 0.3) is 0 Å². The summed E-state index contributed by atoms with van der Waals surface area (Å²) >= 11 is 0. The minimum Gasteiger partial charge on any atom is -0.480 e. The highest BCUT2D eigenvalue weighted by Gasteiger charge is 2.37. The zero-order chi connectivity index (χ0) is 16.3. The number of rotatable bonds is 6. The number of carboxylic acid groups (broad SMARTS) is 1. The van der Waals surface area contributed by atoms with Crippen molar-refractivity contribution in [3.8, 4) is 0 Å². The number of hydrogen-bond acceptors (Lipinski definition) is 5. The molecule has 21 heavy (non-hydrogen) atoms. The molecule has 1 heterocycles. The van der Waals surface area contributed by atoms with Crippen molar-refractivity contribution in [3.63, 3.8) is 0 Å². The van der Waals surface area contributed by atoms with E-state index in [-0.39, 0.29) is 24.5 Å². The van der Waals surface area contributed by atoms with Gasteiger partial charge in [0.1, 0.15) is 6.54 Å². The third-order valence-corrected chi connectivity index (χ3v) is 4.92. The molecule has 1 fully saturated rings. The Morgan fingerprint density at radius 3 is 2.48 bits per heavy atom. The first-order chi connectivity index (χ1) is 9.56. The first-order valence-corrected chi connectivity index (χ1v) is 8.38. The Kier molecular flexibility index (Phi) is 5.57. The van der Waals surface area contributed by atoms with Gasteiger partial charge in [0.15, 0.2) is 9.84 Å². The Morgan fingerprint density at radius 1 is 1.43 bits per heavy atom. The number of ether oxygens (including phenoxy) is 1. The molecule has 0 spiro atoms. The molecule has 0 bridgehead atoms. The molecule has 0 aromatic rings. The van der Waals surface area contributed by atoms with E-state index >= 15 is 0 Å². The lowest BCUT2D eigenvalue weighted by Gasteiger charge is -2.32. The van der Waals surface area contributed by atoms with E-state index in [1.54, 1.807) is 13.8 Å². The number of hydrogen-bond donors (Lipinski definition) is 2. The summed E-state index contributed by atoms with van der Waals surface area (Å²) in [5.41, 5.74) is -0.680. The molecule has 1 saturated heterocycles. The number of nitrogens with one attached hydrogen (secondary N) is 1. The van der Waals surface area contributed by atoms with Crippen molar-refractivity contribution in [2.24, 2.45) is 0 Å². The van der Waals surface area contributed by atoms with Crippen LogP contribution >= 0.6 is 0 Å². The van der Waals surface area contributed by atoms with Gasteiger partial charge in [-0.15, -0.1) is 0 Å². The minimum atomic E-state index is -3.20. The van der Waals surface area contributed by atoms with Crippen LogP contribution in [-0.2, 0) is 19.4 Å². The zero-order valence-corrected chi connectivity index (χ0v) is 13.3. The summed E-state index contributed by atoms with van der Waals surface area (Å²) in [4.78, 5) is 24.3. The standard InChI is InChI=1S/C12H22N2O6S/c1-12(2,8-20-3)13-11(17)14(6-10(15)16)9-4-5-21(18,19)7-9/h9H,4-8H2,1-3H3,(H,13,17)(H,15,16). The molecule has 0 aliphatic carbocycles. The molecule has 1 unspecified atom stereocenters. The number of carbonyl (C=O) groups excluding carboxylic acids is 1. The highest BCUT2D eigenvalue weighted by molar-refractivity contribution is 7.91. The second-order valence-electron chi connectivity index (χ2n) is 5.83. The monoisotopic (exact) mass is 322 g/mol. The predicted octanol–water partition coefficient (Wildman–Crippen LogP) is -0.305. The third kappa shape index (κ3) is 5.50. The van der Waals surface area contributed by atoms with Crippen molar-refractivity contribution < 1.29 is 27.9 Å². The number of aliphatic carboxylic acids is 1. The Morgan fingerprint density at radius 2 is 2.05 bits per heavy atom. The maximum atomic E-state index is 12.3. The van der Waals surface area contributed by atoms with E-state index < -0.39 is 40.0 Å². The number of nitrogens with zero attached hydrogens (tertiary/aromatic N) is 1. The maximum absolute atomic E-state index is 12.3. The van der Waals surface area contributed by atoms with E-state index in [9.17, 15) is 18.0 Å². The molecule has 1 atom stereocenters. The van der Waals surface area contributed by atoms with Gasteiger partial charge in [0.25, 0.3) is 0 Å². The summed E-state index contributed by atoms with van der Waals surface area (Å²) in [7, 11) is -1.71. The van der Waals surface area contributed by atoms with Crippen LogP contribution in [0.4, 0.5) is 4.79 Å². The van der Waals surface area contributed by atoms with Crippen LogP contribution < -0.4 is 5.32 Å². The van der Waals surface area contributed by atoms with E-state index in [4.69, 9.17) is 9.84 Å². The van der Waals surface area contributed by atoms with Gasteiger partial charge in [-0.3, -0.25) is 4.79 Å². The van der Waals surface area contributed by atoms with Crippen LogP contribution in [-0.4, -0.2) is 73.8 Å². The van der Waals surface area contributed by atoms with Crippen molar-refractivity contribution in [1.29, 1.82) is 0 Å². The third-order valence-electron chi connectivity index (χ3n) is 3.17. The van der Waals surface area contributed by atoms with Crippen molar-refractivity contribution in [1.82, 2.24) is 10.2 Å². The van der Waals surface area contributed by atoms with Gasteiger partial charge < -0.3 is 20.1 Å². The quantitative estimate of drug-likeness (QED) is 0.694. The number of urea groups is 1. The number of sulfone groups is 1. The lowest BCUT2D eigenvalue weighted by molar-refractivity contribution is -0.138. The fourth-order valence-electron chi connectivity index (χ4n) is 2.29. The second kappa shape index (κ2) is 6.61. The first-order valence-electron chi connectivity index (χ1n) is 6.56. The second-order valence-corrected chi connectivity index (χ2v) is 8.05. The molecule has 0 aromatic heterocycles. The lowest BCUT2D eigenvalue weighted by Crippen LogP contribution is -2.56. The lowest BCUT2D eigenvalue weighted by atomic mass is 10.1. The molecular formula is C12H22N2O6S. The SMILES string of the molecule is COCC(C)(C)NC(=O)N(CC(=O)O)C1CCS(=O)(=O)C1. The van der Waals surface area contributed by atoms with Gasteiger partial charge in [-0.05, 0) is 20.3 Å². The van der Waals surface area contributed by atoms with Crippen molar-refractivity contribution in [2.75, 3.05) is 31.8 Å². The minimum absolute atomic E-state index is 0.0253. The van der Waals surface area contributed by atoms with Crippen LogP contribution in [0.5, 0.6) is 0 Å².